The quantitative estimate of drug-likeness (QED) is 0.905. The van der Waals surface area contributed by atoms with Crippen LogP contribution in [0.2, 0.25) is 0 Å². The molecule has 3 heteroatoms. The third-order valence-corrected chi connectivity index (χ3v) is 4.78. The van der Waals surface area contributed by atoms with Gasteiger partial charge in [-0.15, -0.1) is 0 Å². The van der Waals surface area contributed by atoms with Crippen LogP contribution in [0.15, 0.2) is 30.3 Å². The smallest absolute Gasteiger partial charge is 0.222 e. The lowest BCUT2D eigenvalue weighted by atomic mass is 9.80. The maximum Gasteiger partial charge on any atom is 0.222 e. The van der Waals surface area contributed by atoms with Crippen molar-refractivity contribution >= 4 is 5.91 Å². The second-order valence-electron chi connectivity index (χ2n) is 6.88. The standard InChI is InChI=1S/C18H27NO2/c1-14(20)15-10-12-19(13-15)17(21)9-11-18(2,3)16-7-5-4-6-8-16/h4-8,14-15,20H,9-13H2,1-3H3. The van der Waals surface area contributed by atoms with E-state index in [1.807, 2.05) is 30.0 Å². The zero-order chi connectivity index (χ0) is 15.5. The summed E-state index contributed by atoms with van der Waals surface area (Å²) in [6.45, 7) is 7.70. The van der Waals surface area contributed by atoms with Gasteiger partial charge in [0.25, 0.3) is 0 Å². The van der Waals surface area contributed by atoms with Gasteiger partial charge in [0.1, 0.15) is 0 Å². The molecule has 0 spiro atoms. The molecule has 1 saturated heterocycles. The van der Waals surface area contributed by atoms with Gasteiger partial charge in [-0.05, 0) is 30.7 Å². The second kappa shape index (κ2) is 6.61. The van der Waals surface area contributed by atoms with E-state index in [9.17, 15) is 9.90 Å². The van der Waals surface area contributed by atoms with Crippen molar-refractivity contribution in [2.24, 2.45) is 5.92 Å². The largest absolute Gasteiger partial charge is 0.393 e. The van der Waals surface area contributed by atoms with Crippen LogP contribution in [-0.4, -0.2) is 35.1 Å². The summed E-state index contributed by atoms with van der Waals surface area (Å²) in [6, 6.07) is 10.4. The third kappa shape index (κ3) is 4.07. The molecule has 0 saturated carbocycles. The van der Waals surface area contributed by atoms with Crippen molar-refractivity contribution in [1.29, 1.82) is 0 Å². The molecule has 3 nitrogen and oxygen atoms in total. The highest BCUT2D eigenvalue weighted by Crippen LogP contribution is 2.29. The second-order valence-corrected chi connectivity index (χ2v) is 6.88. The summed E-state index contributed by atoms with van der Waals surface area (Å²) in [5.41, 5.74) is 1.29. The number of likely N-dealkylation sites (tertiary alicyclic amines) is 1. The summed E-state index contributed by atoms with van der Waals surface area (Å²) in [5, 5.41) is 9.62. The molecule has 116 valence electrons. The molecule has 1 aliphatic heterocycles. The van der Waals surface area contributed by atoms with Crippen molar-refractivity contribution in [3.8, 4) is 0 Å². The minimum atomic E-state index is -0.316. The van der Waals surface area contributed by atoms with Gasteiger partial charge in [0.05, 0.1) is 6.10 Å². The molecule has 0 aliphatic carbocycles. The summed E-state index contributed by atoms with van der Waals surface area (Å²) in [7, 11) is 0. The van der Waals surface area contributed by atoms with Crippen LogP contribution in [0.5, 0.6) is 0 Å². The Morgan fingerprint density at radius 1 is 1.38 bits per heavy atom. The number of hydrogen-bond donors (Lipinski definition) is 1. The molecular weight excluding hydrogens is 262 g/mol. The van der Waals surface area contributed by atoms with Crippen LogP contribution in [0.3, 0.4) is 0 Å². The number of aliphatic hydroxyl groups is 1. The summed E-state index contributed by atoms with van der Waals surface area (Å²) >= 11 is 0. The zero-order valence-electron chi connectivity index (χ0n) is 13.4. The lowest BCUT2D eigenvalue weighted by Gasteiger charge is -2.26. The molecule has 1 heterocycles. The Morgan fingerprint density at radius 2 is 2.05 bits per heavy atom. The number of carbonyl (C=O) groups excluding carboxylic acids is 1. The SMILES string of the molecule is CC(O)C1CCN(C(=O)CCC(C)(C)c2ccccc2)C1. The summed E-state index contributed by atoms with van der Waals surface area (Å²) in [6.07, 6.45) is 2.04. The van der Waals surface area contributed by atoms with E-state index in [4.69, 9.17) is 0 Å². The van der Waals surface area contributed by atoms with Crippen molar-refractivity contribution in [2.75, 3.05) is 13.1 Å². The molecule has 0 bridgehead atoms. The molecule has 2 rings (SSSR count). The molecule has 1 aromatic carbocycles. The van der Waals surface area contributed by atoms with Gasteiger partial charge in [-0.3, -0.25) is 4.79 Å². The first kappa shape index (κ1) is 16.0. The van der Waals surface area contributed by atoms with Gasteiger partial charge in [-0.1, -0.05) is 44.2 Å². The summed E-state index contributed by atoms with van der Waals surface area (Å²) < 4.78 is 0. The van der Waals surface area contributed by atoms with Crippen molar-refractivity contribution in [2.45, 2.75) is 51.6 Å². The molecule has 1 amide bonds. The number of rotatable bonds is 5. The monoisotopic (exact) mass is 289 g/mol. The van der Waals surface area contributed by atoms with Crippen LogP contribution in [0.1, 0.15) is 45.6 Å². The lowest BCUT2D eigenvalue weighted by molar-refractivity contribution is -0.130. The van der Waals surface area contributed by atoms with E-state index in [1.54, 1.807) is 0 Å². The van der Waals surface area contributed by atoms with Crippen molar-refractivity contribution in [3.63, 3.8) is 0 Å². The van der Waals surface area contributed by atoms with Crippen LogP contribution < -0.4 is 0 Å². The molecule has 21 heavy (non-hydrogen) atoms. The fourth-order valence-electron chi connectivity index (χ4n) is 3.02. The highest BCUT2D eigenvalue weighted by Gasteiger charge is 2.30. The molecule has 1 N–H and O–H groups in total. The minimum absolute atomic E-state index is 0.0142. The fraction of sp³-hybridized carbons (Fsp3) is 0.611. The molecular formula is C18H27NO2. The van der Waals surface area contributed by atoms with E-state index in [0.717, 1.165) is 19.4 Å². The average Bonchev–Trinajstić information content (AvgIpc) is 2.96. The van der Waals surface area contributed by atoms with Crippen LogP contribution in [0.25, 0.3) is 0 Å². The molecule has 0 aromatic heterocycles. The van der Waals surface area contributed by atoms with Crippen LogP contribution in [0, 0.1) is 5.92 Å². The topological polar surface area (TPSA) is 40.5 Å². The van der Waals surface area contributed by atoms with Gasteiger partial charge < -0.3 is 10.0 Å². The van der Waals surface area contributed by atoms with Gasteiger partial charge in [-0.2, -0.15) is 0 Å². The average molecular weight is 289 g/mol. The Balaban J connectivity index is 1.87. The Kier molecular flexibility index (Phi) is 5.04. The highest BCUT2D eigenvalue weighted by atomic mass is 16.3. The number of amides is 1. The van der Waals surface area contributed by atoms with Gasteiger partial charge >= 0.3 is 0 Å². The first-order chi connectivity index (χ1) is 9.90. The summed E-state index contributed by atoms with van der Waals surface area (Å²) in [4.78, 5) is 14.3. The van der Waals surface area contributed by atoms with E-state index in [2.05, 4.69) is 26.0 Å². The number of aliphatic hydroxyl groups excluding tert-OH is 1. The number of nitrogens with zero attached hydrogens (tertiary/aromatic N) is 1. The van der Waals surface area contributed by atoms with Gasteiger partial charge in [0.15, 0.2) is 0 Å². The van der Waals surface area contributed by atoms with Crippen LogP contribution >= 0.6 is 0 Å². The Hall–Kier alpha value is -1.35. The predicted molar refractivity (Wildman–Crippen MR) is 85.1 cm³/mol. The molecule has 1 aromatic rings. The third-order valence-electron chi connectivity index (χ3n) is 4.78. The van der Waals surface area contributed by atoms with E-state index >= 15 is 0 Å². The minimum Gasteiger partial charge on any atom is -0.393 e. The maximum atomic E-state index is 12.3. The lowest BCUT2D eigenvalue weighted by Crippen LogP contribution is -2.31. The molecule has 2 unspecified atom stereocenters. The van der Waals surface area contributed by atoms with E-state index < -0.39 is 0 Å². The van der Waals surface area contributed by atoms with Crippen LogP contribution in [-0.2, 0) is 10.2 Å². The first-order valence-electron chi connectivity index (χ1n) is 7.91. The molecule has 2 atom stereocenters. The predicted octanol–water partition coefficient (Wildman–Crippen LogP) is 2.97. The van der Waals surface area contributed by atoms with E-state index in [-0.39, 0.29) is 23.3 Å². The van der Waals surface area contributed by atoms with Crippen molar-refractivity contribution in [1.82, 2.24) is 4.90 Å². The molecule has 0 radical (unpaired) electrons. The number of hydrogen-bond acceptors (Lipinski definition) is 2. The molecule has 1 aliphatic rings. The van der Waals surface area contributed by atoms with Gasteiger partial charge in [0.2, 0.25) is 5.91 Å². The fourth-order valence-corrected chi connectivity index (χ4v) is 3.02. The highest BCUT2D eigenvalue weighted by molar-refractivity contribution is 5.76. The molecule has 1 fully saturated rings. The maximum absolute atomic E-state index is 12.3. The normalized spacial score (nSPS) is 20.6. The van der Waals surface area contributed by atoms with Gasteiger partial charge in [-0.25, -0.2) is 0 Å². The van der Waals surface area contributed by atoms with Crippen LogP contribution in [0.4, 0.5) is 0 Å². The van der Waals surface area contributed by atoms with Crippen molar-refractivity contribution in [3.05, 3.63) is 35.9 Å². The zero-order valence-corrected chi connectivity index (χ0v) is 13.4. The Bertz CT molecular complexity index is 467. The van der Waals surface area contributed by atoms with Gasteiger partial charge in [0, 0.05) is 25.4 Å². The number of carbonyl (C=O) groups is 1. The van der Waals surface area contributed by atoms with E-state index in [1.165, 1.54) is 5.56 Å². The van der Waals surface area contributed by atoms with Crippen molar-refractivity contribution < 1.29 is 9.90 Å². The first-order valence-corrected chi connectivity index (χ1v) is 7.91. The Morgan fingerprint density at radius 3 is 2.62 bits per heavy atom. The number of benzene rings is 1. The Labute approximate surface area is 128 Å². The van der Waals surface area contributed by atoms with E-state index in [0.29, 0.717) is 13.0 Å². The summed E-state index contributed by atoms with van der Waals surface area (Å²) in [5.74, 6) is 0.471.